The highest BCUT2D eigenvalue weighted by Crippen LogP contribution is 2.19. The normalized spacial score (nSPS) is 16.6. The van der Waals surface area contributed by atoms with Gasteiger partial charge in [-0.2, -0.15) is 0 Å². The van der Waals surface area contributed by atoms with Gasteiger partial charge in [-0.05, 0) is 57.0 Å². The van der Waals surface area contributed by atoms with Crippen LogP contribution in [0.4, 0.5) is 0 Å². The minimum absolute atomic E-state index is 0.810. The van der Waals surface area contributed by atoms with Crippen molar-refractivity contribution >= 4 is 0 Å². The van der Waals surface area contributed by atoms with Gasteiger partial charge in [-0.1, -0.05) is 12.1 Å². The molecular weight excluding hydrogens is 198 g/mol. The van der Waals surface area contributed by atoms with Crippen LogP contribution in [0.5, 0.6) is 5.75 Å². The van der Waals surface area contributed by atoms with E-state index in [9.17, 15) is 0 Å². The van der Waals surface area contributed by atoms with Crippen LogP contribution in [-0.2, 0) is 0 Å². The molecule has 1 saturated heterocycles. The first kappa shape index (κ1) is 11.5. The lowest BCUT2D eigenvalue weighted by Gasteiger charge is -2.16. The maximum Gasteiger partial charge on any atom is 0.122 e. The molecule has 1 aliphatic heterocycles. The number of hydrogen-bond acceptors (Lipinski definition) is 2. The lowest BCUT2D eigenvalue weighted by molar-refractivity contribution is 0.237. The smallest absolute Gasteiger partial charge is 0.122 e. The second-order valence-electron chi connectivity index (χ2n) is 4.67. The third-order valence-electron chi connectivity index (χ3n) is 3.21. The summed E-state index contributed by atoms with van der Waals surface area (Å²) in [5, 5.41) is 0. The zero-order valence-corrected chi connectivity index (χ0v) is 10.3. The van der Waals surface area contributed by atoms with E-state index in [1.54, 1.807) is 0 Å². The Balaban J connectivity index is 1.82. The molecule has 0 N–H and O–H groups in total. The minimum atomic E-state index is 0.810. The van der Waals surface area contributed by atoms with Crippen molar-refractivity contribution in [2.75, 3.05) is 26.2 Å². The summed E-state index contributed by atoms with van der Waals surface area (Å²) in [6.45, 7) is 8.57. The number of hydrogen-bond donors (Lipinski definition) is 0. The molecule has 0 aliphatic carbocycles. The molecule has 2 nitrogen and oxygen atoms in total. The number of rotatable bonds is 4. The molecule has 0 amide bonds. The van der Waals surface area contributed by atoms with Gasteiger partial charge in [-0.15, -0.1) is 0 Å². The Morgan fingerprint density at radius 3 is 2.69 bits per heavy atom. The SMILES string of the molecule is Cc1ccc(C)c(OCCN2CCCC2)c1. The fourth-order valence-corrected chi connectivity index (χ4v) is 2.15. The van der Waals surface area contributed by atoms with E-state index in [4.69, 9.17) is 4.74 Å². The third-order valence-corrected chi connectivity index (χ3v) is 3.21. The Kier molecular flexibility index (Phi) is 3.83. The number of benzene rings is 1. The summed E-state index contributed by atoms with van der Waals surface area (Å²) >= 11 is 0. The molecule has 0 atom stereocenters. The maximum absolute atomic E-state index is 5.84. The Labute approximate surface area is 98.2 Å². The second-order valence-corrected chi connectivity index (χ2v) is 4.67. The van der Waals surface area contributed by atoms with Crippen molar-refractivity contribution in [3.8, 4) is 5.75 Å². The van der Waals surface area contributed by atoms with Crippen molar-refractivity contribution in [2.24, 2.45) is 0 Å². The van der Waals surface area contributed by atoms with Crippen molar-refractivity contribution in [3.63, 3.8) is 0 Å². The van der Waals surface area contributed by atoms with Gasteiger partial charge in [0, 0.05) is 6.54 Å². The van der Waals surface area contributed by atoms with E-state index >= 15 is 0 Å². The van der Waals surface area contributed by atoms with Gasteiger partial charge in [0.2, 0.25) is 0 Å². The van der Waals surface area contributed by atoms with Gasteiger partial charge in [-0.25, -0.2) is 0 Å². The fourth-order valence-electron chi connectivity index (χ4n) is 2.15. The zero-order chi connectivity index (χ0) is 11.4. The first-order valence-electron chi connectivity index (χ1n) is 6.18. The summed E-state index contributed by atoms with van der Waals surface area (Å²) < 4.78 is 5.84. The second kappa shape index (κ2) is 5.35. The van der Waals surface area contributed by atoms with E-state index in [0.717, 1.165) is 18.9 Å². The molecule has 0 spiro atoms. The van der Waals surface area contributed by atoms with Crippen molar-refractivity contribution < 1.29 is 4.74 Å². The van der Waals surface area contributed by atoms with Crippen molar-refractivity contribution in [1.82, 2.24) is 4.90 Å². The average Bonchev–Trinajstić information content (AvgIpc) is 2.76. The van der Waals surface area contributed by atoms with Gasteiger partial charge >= 0.3 is 0 Å². The average molecular weight is 219 g/mol. The third kappa shape index (κ3) is 2.99. The van der Waals surface area contributed by atoms with Crippen LogP contribution in [0.3, 0.4) is 0 Å². The van der Waals surface area contributed by atoms with Crippen LogP contribution in [-0.4, -0.2) is 31.1 Å². The van der Waals surface area contributed by atoms with Crippen molar-refractivity contribution in [3.05, 3.63) is 29.3 Å². The lowest BCUT2D eigenvalue weighted by atomic mass is 10.1. The molecule has 2 heteroatoms. The van der Waals surface area contributed by atoms with Gasteiger partial charge in [-0.3, -0.25) is 4.90 Å². The molecule has 1 fully saturated rings. The molecule has 1 aliphatic rings. The Morgan fingerprint density at radius 1 is 1.19 bits per heavy atom. The topological polar surface area (TPSA) is 12.5 Å². The van der Waals surface area contributed by atoms with Gasteiger partial charge in [0.15, 0.2) is 0 Å². The van der Waals surface area contributed by atoms with E-state index in [0.29, 0.717) is 0 Å². The first-order chi connectivity index (χ1) is 7.75. The molecule has 16 heavy (non-hydrogen) atoms. The fraction of sp³-hybridized carbons (Fsp3) is 0.571. The minimum Gasteiger partial charge on any atom is -0.492 e. The van der Waals surface area contributed by atoms with E-state index in [1.807, 2.05) is 0 Å². The van der Waals surface area contributed by atoms with Crippen LogP contribution in [0, 0.1) is 13.8 Å². The summed E-state index contributed by atoms with van der Waals surface area (Å²) in [4.78, 5) is 2.48. The summed E-state index contributed by atoms with van der Waals surface area (Å²) in [5.41, 5.74) is 2.49. The van der Waals surface area contributed by atoms with Gasteiger partial charge in [0.1, 0.15) is 12.4 Å². The zero-order valence-electron chi connectivity index (χ0n) is 10.3. The highest BCUT2D eigenvalue weighted by molar-refractivity contribution is 5.35. The van der Waals surface area contributed by atoms with Gasteiger partial charge in [0.25, 0.3) is 0 Å². The van der Waals surface area contributed by atoms with E-state index in [2.05, 4.69) is 36.9 Å². The van der Waals surface area contributed by atoms with E-state index in [-0.39, 0.29) is 0 Å². The maximum atomic E-state index is 5.84. The van der Waals surface area contributed by atoms with Crippen LogP contribution < -0.4 is 4.74 Å². The predicted molar refractivity (Wildman–Crippen MR) is 67.1 cm³/mol. The van der Waals surface area contributed by atoms with Crippen LogP contribution in [0.1, 0.15) is 24.0 Å². The summed E-state index contributed by atoms with van der Waals surface area (Å²) in [7, 11) is 0. The molecule has 1 aromatic carbocycles. The quantitative estimate of drug-likeness (QED) is 0.772. The monoisotopic (exact) mass is 219 g/mol. The molecule has 0 aromatic heterocycles. The highest BCUT2D eigenvalue weighted by atomic mass is 16.5. The molecule has 1 heterocycles. The largest absolute Gasteiger partial charge is 0.492 e. The molecule has 0 unspecified atom stereocenters. The lowest BCUT2D eigenvalue weighted by Crippen LogP contribution is -2.25. The molecule has 2 rings (SSSR count). The number of aryl methyl sites for hydroxylation is 2. The molecule has 0 saturated carbocycles. The summed E-state index contributed by atoms with van der Waals surface area (Å²) in [6.07, 6.45) is 2.70. The van der Waals surface area contributed by atoms with Gasteiger partial charge in [0.05, 0.1) is 0 Å². The summed E-state index contributed by atoms with van der Waals surface area (Å²) in [5.74, 6) is 1.04. The van der Waals surface area contributed by atoms with Crippen LogP contribution in [0.25, 0.3) is 0 Å². The van der Waals surface area contributed by atoms with Crippen LogP contribution in [0.2, 0.25) is 0 Å². The Bertz CT molecular complexity index is 343. The predicted octanol–water partition coefficient (Wildman–Crippen LogP) is 2.78. The number of nitrogens with zero attached hydrogens (tertiary/aromatic N) is 1. The summed E-state index contributed by atoms with van der Waals surface area (Å²) in [6, 6.07) is 6.38. The van der Waals surface area contributed by atoms with Gasteiger partial charge < -0.3 is 4.74 Å². The molecular formula is C14H21NO. The standard InChI is InChI=1S/C14H21NO/c1-12-5-6-13(2)14(11-12)16-10-9-15-7-3-4-8-15/h5-6,11H,3-4,7-10H2,1-2H3. The molecule has 1 aromatic rings. The molecule has 0 radical (unpaired) electrons. The molecule has 0 bridgehead atoms. The van der Waals surface area contributed by atoms with Crippen LogP contribution >= 0.6 is 0 Å². The Hall–Kier alpha value is -1.02. The van der Waals surface area contributed by atoms with E-state index in [1.165, 1.54) is 37.1 Å². The highest BCUT2D eigenvalue weighted by Gasteiger charge is 2.10. The number of likely N-dealkylation sites (tertiary alicyclic amines) is 1. The van der Waals surface area contributed by atoms with Crippen LogP contribution in [0.15, 0.2) is 18.2 Å². The number of ether oxygens (including phenoxy) is 1. The van der Waals surface area contributed by atoms with E-state index < -0.39 is 0 Å². The van der Waals surface area contributed by atoms with Crippen molar-refractivity contribution in [1.29, 1.82) is 0 Å². The first-order valence-corrected chi connectivity index (χ1v) is 6.18. The molecule has 88 valence electrons. The Morgan fingerprint density at radius 2 is 1.94 bits per heavy atom. The van der Waals surface area contributed by atoms with Crippen molar-refractivity contribution in [2.45, 2.75) is 26.7 Å².